The standard InChI is InChI=1S/C14H28O2/c1-8-9-10-14(6,7)12(15)16-11(2)13(3,4)5/h11H,8-10H2,1-7H3. The fraction of sp³-hybridized carbons (Fsp3) is 0.929. The Balaban J connectivity index is 4.34. The average molecular weight is 228 g/mol. The second-order valence-electron chi connectivity index (χ2n) is 6.40. The summed E-state index contributed by atoms with van der Waals surface area (Å²) in [5, 5.41) is 0. The normalized spacial score (nSPS) is 14.7. The van der Waals surface area contributed by atoms with E-state index in [0.717, 1.165) is 19.3 Å². The number of carbonyl (C=O) groups excluding carboxylic acids is 1. The first kappa shape index (κ1) is 15.5. The summed E-state index contributed by atoms with van der Waals surface area (Å²) >= 11 is 0. The van der Waals surface area contributed by atoms with Crippen LogP contribution in [0.15, 0.2) is 0 Å². The highest BCUT2D eigenvalue weighted by molar-refractivity contribution is 5.76. The van der Waals surface area contributed by atoms with Crippen LogP contribution in [-0.2, 0) is 9.53 Å². The summed E-state index contributed by atoms with van der Waals surface area (Å²) in [7, 11) is 0. The summed E-state index contributed by atoms with van der Waals surface area (Å²) in [6.45, 7) is 14.3. The molecule has 1 atom stereocenters. The first-order valence-corrected chi connectivity index (χ1v) is 6.32. The largest absolute Gasteiger partial charge is 0.462 e. The second-order valence-corrected chi connectivity index (χ2v) is 6.40. The predicted octanol–water partition coefficient (Wildman–Crippen LogP) is 4.18. The molecule has 0 saturated heterocycles. The van der Waals surface area contributed by atoms with Crippen molar-refractivity contribution in [3.63, 3.8) is 0 Å². The minimum Gasteiger partial charge on any atom is -0.462 e. The lowest BCUT2D eigenvalue weighted by atomic mass is 9.86. The van der Waals surface area contributed by atoms with Gasteiger partial charge in [0.25, 0.3) is 0 Å². The molecule has 2 nitrogen and oxygen atoms in total. The van der Waals surface area contributed by atoms with Crippen LogP contribution >= 0.6 is 0 Å². The molecule has 0 heterocycles. The highest BCUT2D eigenvalue weighted by Gasteiger charge is 2.32. The summed E-state index contributed by atoms with van der Waals surface area (Å²) in [5.74, 6) is -0.0663. The molecule has 0 aromatic carbocycles. The Kier molecular flexibility index (Phi) is 5.51. The topological polar surface area (TPSA) is 26.3 Å². The van der Waals surface area contributed by atoms with Crippen molar-refractivity contribution in [1.82, 2.24) is 0 Å². The first-order valence-electron chi connectivity index (χ1n) is 6.32. The Morgan fingerprint density at radius 1 is 1.19 bits per heavy atom. The fourth-order valence-corrected chi connectivity index (χ4v) is 1.22. The van der Waals surface area contributed by atoms with Gasteiger partial charge < -0.3 is 4.74 Å². The fourth-order valence-electron chi connectivity index (χ4n) is 1.22. The molecule has 0 aliphatic carbocycles. The molecule has 0 aliphatic rings. The van der Waals surface area contributed by atoms with E-state index >= 15 is 0 Å². The van der Waals surface area contributed by atoms with Gasteiger partial charge in [-0.3, -0.25) is 4.79 Å². The quantitative estimate of drug-likeness (QED) is 0.660. The smallest absolute Gasteiger partial charge is 0.311 e. The molecule has 2 heteroatoms. The lowest BCUT2D eigenvalue weighted by Crippen LogP contribution is -2.35. The SMILES string of the molecule is CCCCC(C)(C)C(=O)OC(C)C(C)(C)C. The molecule has 0 N–H and O–H groups in total. The van der Waals surface area contributed by atoms with E-state index in [1.54, 1.807) is 0 Å². The third-order valence-corrected chi connectivity index (χ3v) is 3.21. The summed E-state index contributed by atoms with van der Waals surface area (Å²) < 4.78 is 5.54. The van der Waals surface area contributed by atoms with Crippen molar-refractivity contribution in [2.75, 3.05) is 0 Å². The van der Waals surface area contributed by atoms with Gasteiger partial charge in [-0.25, -0.2) is 0 Å². The molecule has 1 unspecified atom stereocenters. The summed E-state index contributed by atoms with van der Waals surface area (Å²) in [4.78, 5) is 12.0. The van der Waals surface area contributed by atoms with Crippen LogP contribution in [-0.4, -0.2) is 12.1 Å². The van der Waals surface area contributed by atoms with Gasteiger partial charge in [0.1, 0.15) is 6.10 Å². The molecule has 0 rings (SSSR count). The third kappa shape index (κ3) is 5.00. The van der Waals surface area contributed by atoms with Crippen LogP contribution in [0, 0.1) is 10.8 Å². The van der Waals surface area contributed by atoms with Crippen LogP contribution in [0.3, 0.4) is 0 Å². The van der Waals surface area contributed by atoms with Gasteiger partial charge in [0.2, 0.25) is 0 Å². The van der Waals surface area contributed by atoms with Gasteiger partial charge in [0, 0.05) is 0 Å². The Labute approximate surface area is 101 Å². The second kappa shape index (κ2) is 5.70. The van der Waals surface area contributed by atoms with Crippen LogP contribution in [0.25, 0.3) is 0 Å². The monoisotopic (exact) mass is 228 g/mol. The van der Waals surface area contributed by atoms with E-state index < -0.39 is 0 Å². The van der Waals surface area contributed by atoms with E-state index in [0.29, 0.717) is 0 Å². The summed E-state index contributed by atoms with van der Waals surface area (Å²) in [5.41, 5.74) is -0.341. The van der Waals surface area contributed by atoms with Gasteiger partial charge in [-0.05, 0) is 32.6 Å². The molecule has 0 fully saturated rings. The van der Waals surface area contributed by atoms with E-state index in [1.807, 2.05) is 20.8 Å². The number of hydrogen-bond donors (Lipinski definition) is 0. The number of unbranched alkanes of at least 4 members (excludes halogenated alkanes) is 1. The van der Waals surface area contributed by atoms with E-state index in [2.05, 4.69) is 27.7 Å². The minimum atomic E-state index is -0.352. The Morgan fingerprint density at radius 3 is 2.06 bits per heavy atom. The number of esters is 1. The van der Waals surface area contributed by atoms with E-state index in [4.69, 9.17) is 4.74 Å². The van der Waals surface area contributed by atoms with E-state index in [1.165, 1.54) is 0 Å². The zero-order valence-corrected chi connectivity index (χ0v) is 12.0. The van der Waals surface area contributed by atoms with Crippen molar-refractivity contribution < 1.29 is 9.53 Å². The predicted molar refractivity (Wildman–Crippen MR) is 68.3 cm³/mol. The van der Waals surface area contributed by atoms with Crippen molar-refractivity contribution in [2.24, 2.45) is 10.8 Å². The van der Waals surface area contributed by atoms with Gasteiger partial charge in [0.05, 0.1) is 5.41 Å². The number of ether oxygens (including phenoxy) is 1. The number of carbonyl (C=O) groups is 1. The third-order valence-electron chi connectivity index (χ3n) is 3.21. The lowest BCUT2D eigenvalue weighted by Gasteiger charge is -2.31. The van der Waals surface area contributed by atoms with Crippen molar-refractivity contribution in [1.29, 1.82) is 0 Å². The maximum atomic E-state index is 12.0. The van der Waals surface area contributed by atoms with Gasteiger partial charge in [0.15, 0.2) is 0 Å². The molecular weight excluding hydrogens is 200 g/mol. The van der Waals surface area contributed by atoms with Crippen LogP contribution in [0.2, 0.25) is 0 Å². The van der Waals surface area contributed by atoms with Gasteiger partial charge >= 0.3 is 5.97 Å². The number of rotatable bonds is 5. The van der Waals surface area contributed by atoms with Crippen LogP contribution < -0.4 is 0 Å². The molecule has 0 saturated carbocycles. The molecule has 0 aliphatic heterocycles. The molecule has 0 radical (unpaired) electrons. The zero-order chi connectivity index (χ0) is 13.0. The molecule has 0 aromatic heterocycles. The molecule has 96 valence electrons. The highest BCUT2D eigenvalue weighted by Crippen LogP contribution is 2.29. The van der Waals surface area contributed by atoms with Gasteiger partial charge in [-0.15, -0.1) is 0 Å². The maximum absolute atomic E-state index is 12.0. The average Bonchev–Trinajstić information content (AvgIpc) is 2.13. The summed E-state index contributed by atoms with van der Waals surface area (Å²) in [6.07, 6.45) is 3.05. The molecule has 16 heavy (non-hydrogen) atoms. The van der Waals surface area contributed by atoms with E-state index in [9.17, 15) is 4.79 Å². The Bertz CT molecular complexity index is 223. The summed E-state index contributed by atoms with van der Waals surface area (Å²) in [6, 6.07) is 0. The molecular formula is C14H28O2. The van der Waals surface area contributed by atoms with Gasteiger partial charge in [-0.1, -0.05) is 40.5 Å². The van der Waals surface area contributed by atoms with Crippen molar-refractivity contribution >= 4 is 5.97 Å². The minimum absolute atomic E-state index is 0.0104. The van der Waals surface area contributed by atoms with Crippen LogP contribution in [0.4, 0.5) is 0 Å². The van der Waals surface area contributed by atoms with Crippen molar-refractivity contribution in [3.8, 4) is 0 Å². The van der Waals surface area contributed by atoms with Gasteiger partial charge in [-0.2, -0.15) is 0 Å². The Morgan fingerprint density at radius 2 is 1.69 bits per heavy atom. The molecule has 0 aromatic rings. The zero-order valence-electron chi connectivity index (χ0n) is 12.0. The molecule has 0 spiro atoms. The first-order chi connectivity index (χ1) is 7.11. The maximum Gasteiger partial charge on any atom is 0.311 e. The van der Waals surface area contributed by atoms with E-state index in [-0.39, 0.29) is 22.9 Å². The van der Waals surface area contributed by atoms with Crippen LogP contribution in [0.5, 0.6) is 0 Å². The molecule has 0 amide bonds. The lowest BCUT2D eigenvalue weighted by molar-refractivity contribution is -0.164. The Hall–Kier alpha value is -0.530. The molecule has 0 bridgehead atoms. The highest BCUT2D eigenvalue weighted by atomic mass is 16.5. The van der Waals surface area contributed by atoms with Crippen LogP contribution in [0.1, 0.15) is 67.7 Å². The van der Waals surface area contributed by atoms with Crippen molar-refractivity contribution in [3.05, 3.63) is 0 Å². The van der Waals surface area contributed by atoms with Crippen molar-refractivity contribution in [2.45, 2.75) is 73.8 Å². The number of hydrogen-bond acceptors (Lipinski definition) is 2.